The molecule has 0 atom stereocenters. The van der Waals surface area contributed by atoms with E-state index in [-0.39, 0.29) is 34.6 Å². The molecule has 0 spiro atoms. The summed E-state index contributed by atoms with van der Waals surface area (Å²) in [7, 11) is 0. The van der Waals surface area contributed by atoms with Crippen LogP contribution < -0.4 is 0 Å². The van der Waals surface area contributed by atoms with Gasteiger partial charge in [0.2, 0.25) is 0 Å². The summed E-state index contributed by atoms with van der Waals surface area (Å²) in [6.45, 7) is 7.94. The summed E-state index contributed by atoms with van der Waals surface area (Å²) in [5, 5.41) is 33.6. The minimum absolute atomic E-state index is 0.0596. The van der Waals surface area contributed by atoms with E-state index in [1.165, 1.54) is 34.6 Å². The van der Waals surface area contributed by atoms with Crippen molar-refractivity contribution >= 4 is 135 Å². The van der Waals surface area contributed by atoms with Gasteiger partial charge in [0.05, 0.1) is 4.88 Å². The zero-order valence-electron chi connectivity index (χ0n) is 46.8. The first-order valence-electron chi connectivity index (χ1n) is 27.2. The number of thiophene rings is 2. The van der Waals surface area contributed by atoms with E-state index in [0.717, 1.165) is 64.3 Å². The summed E-state index contributed by atoms with van der Waals surface area (Å²) in [4.78, 5) is 93.8. The van der Waals surface area contributed by atoms with E-state index in [4.69, 9.17) is 0 Å². The number of aldehydes is 4. The Bertz CT molecular complexity index is 4720. The highest BCUT2D eigenvalue weighted by Gasteiger charge is 2.32. The lowest BCUT2D eigenvalue weighted by Gasteiger charge is -2.19. The molecule has 2 N–H and O–H groups in total. The molecule has 0 aliphatic heterocycles. The maximum absolute atomic E-state index is 13.1. The van der Waals surface area contributed by atoms with Crippen LogP contribution in [0.1, 0.15) is 127 Å². The molecule has 0 unspecified atom stereocenters. The number of aryl methyl sites for hydroxylation is 4. The third-order valence-corrected chi connectivity index (χ3v) is 17.4. The second-order valence-corrected chi connectivity index (χ2v) is 22.9. The van der Waals surface area contributed by atoms with Gasteiger partial charge in [-0.2, -0.15) is 0 Å². The quantitative estimate of drug-likeness (QED) is 0.0979. The Balaban J connectivity index is 0.000000117. The molecule has 2 aliphatic carbocycles. The van der Waals surface area contributed by atoms with Gasteiger partial charge >= 0.3 is 0 Å². The summed E-state index contributed by atoms with van der Waals surface area (Å²) in [5.74, 6) is 0.127. The van der Waals surface area contributed by atoms with Gasteiger partial charge in [-0.25, -0.2) is 0 Å². The number of carbonyl (C=O) groups is 8. The fourth-order valence-corrected chi connectivity index (χ4v) is 12.2. The predicted octanol–water partition coefficient (Wildman–Crippen LogP) is 16.9. The molecule has 2 heterocycles. The molecule has 2 aromatic heterocycles. The van der Waals surface area contributed by atoms with Crippen molar-refractivity contribution in [1.82, 2.24) is 0 Å². The summed E-state index contributed by atoms with van der Waals surface area (Å²) < 4.78 is 1.04. The number of phenols is 2. The van der Waals surface area contributed by atoms with E-state index in [0.29, 0.717) is 102 Å². The van der Waals surface area contributed by atoms with Crippen LogP contribution in [0.5, 0.6) is 11.5 Å². The molecule has 12 heteroatoms. The highest BCUT2D eigenvalue weighted by molar-refractivity contribution is 7.17. The Hall–Kier alpha value is -10.7. The molecule has 13 aromatic rings. The lowest BCUT2D eigenvalue weighted by Crippen LogP contribution is -2.21. The molecule has 0 fully saturated rings. The fraction of sp³-hybridized carbons (Fsp3) is 0.0541. The highest BCUT2D eigenvalue weighted by Crippen LogP contribution is 2.38. The monoisotopic (exact) mass is 1160 g/mol. The van der Waals surface area contributed by atoms with E-state index in [1.807, 2.05) is 159 Å². The fourth-order valence-electron chi connectivity index (χ4n) is 10.7. The van der Waals surface area contributed by atoms with Crippen LogP contribution in [0.15, 0.2) is 193 Å². The van der Waals surface area contributed by atoms with Gasteiger partial charge in [0.1, 0.15) is 11.5 Å². The van der Waals surface area contributed by atoms with E-state index in [1.54, 1.807) is 34.9 Å². The van der Waals surface area contributed by atoms with Crippen LogP contribution >= 0.6 is 22.7 Å². The molecule has 10 nitrogen and oxygen atoms in total. The van der Waals surface area contributed by atoms with Gasteiger partial charge in [-0.3, -0.25) is 38.4 Å². The van der Waals surface area contributed by atoms with Crippen molar-refractivity contribution in [2.45, 2.75) is 27.7 Å². The number of hydrogen-bond acceptors (Lipinski definition) is 12. The summed E-state index contributed by atoms with van der Waals surface area (Å²) in [6.07, 6.45) is 2.78. The van der Waals surface area contributed by atoms with Crippen LogP contribution in [-0.2, 0) is 0 Å². The van der Waals surface area contributed by atoms with Crippen molar-refractivity contribution in [3.63, 3.8) is 0 Å². The second kappa shape index (κ2) is 23.9. The van der Waals surface area contributed by atoms with Gasteiger partial charge in [0, 0.05) is 76.7 Å². The Morgan fingerprint density at radius 3 is 0.965 bits per heavy atom. The lowest BCUT2D eigenvalue weighted by molar-refractivity contribution is 0.0979. The average Bonchev–Trinajstić information content (AvgIpc) is 3.94. The molecule has 2 aliphatic rings. The number of fused-ring (bicyclic) bond motifs is 10. The molecule has 0 saturated heterocycles. The molecule has 0 saturated carbocycles. The maximum atomic E-state index is 13.1. The minimum atomic E-state index is -0.0690. The molecule has 0 bridgehead atoms. The maximum Gasteiger partial charge on any atom is 0.194 e. The van der Waals surface area contributed by atoms with Crippen LogP contribution in [-0.4, -0.2) is 58.5 Å². The van der Waals surface area contributed by atoms with Crippen molar-refractivity contribution in [2.24, 2.45) is 0 Å². The number of rotatable bonds is 4. The van der Waals surface area contributed by atoms with Crippen LogP contribution in [0, 0.1) is 27.7 Å². The van der Waals surface area contributed by atoms with Gasteiger partial charge in [-0.05, 0) is 206 Å². The van der Waals surface area contributed by atoms with E-state index >= 15 is 0 Å². The van der Waals surface area contributed by atoms with Crippen molar-refractivity contribution in [3.8, 4) is 11.5 Å². The largest absolute Gasteiger partial charge is 0.507 e. The summed E-state index contributed by atoms with van der Waals surface area (Å²) in [6, 6.07) is 56.3. The molecule has 86 heavy (non-hydrogen) atoms. The number of hydrogen-bond donors (Lipinski definition) is 2. The standard InChI is InChI=1S/C24H16O2.C20H10O2S.C14H10O2.C10H10O2.C6H4O2S/c1-13-7-17-11-21-22(12-18(17)8-14(13)2)24(26)20-10-16-6-4-3-5-15(16)9-19(20)23(21)25;21-19-14-7-11-3-1-2-4-12(11)8-15(14)20(22)17-10-18-13(5-6-23-18)9-16(17)19;15-13-5-6-14(16)12-8-10-4-2-1-3-9(10)7-11(12)13;1-7-3-9(5-11)10(6-12)4-8(7)2;7-3-5-1-2-9-6(5)4-8/h3-12H,1-2H3;1-10H;1-8,15-16H;3-6H,1-2H3;1-4H. The van der Waals surface area contributed by atoms with E-state index in [2.05, 4.69) is 26.0 Å². The Kier molecular flexibility index (Phi) is 15.9. The third-order valence-electron chi connectivity index (χ3n) is 15.7. The van der Waals surface area contributed by atoms with Gasteiger partial charge in [0.25, 0.3) is 0 Å². The summed E-state index contributed by atoms with van der Waals surface area (Å²) >= 11 is 2.86. The van der Waals surface area contributed by atoms with E-state index < -0.39 is 0 Å². The van der Waals surface area contributed by atoms with E-state index in [9.17, 15) is 48.6 Å². The molecular weight excluding hydrogens is 1110 g/mol. The second-order valence-electron chi connectivity index (χ2n) is 21.0. The Morgan fingerprint density at radius 1 is 0.302 bits per heavy atom. The number of benzene rings is 11. The van der Waals surface area contributed by atoms with Crippen LogP contribution in [0.4, 0.5) is 0 Å². The van der Waals surface area contributed by atoms with Crippen molar-refractivity contribution in [3.05, 3.63) is 281 Å². The number of carbonyl (C=O) groups excluding carboxylic acids is 8. The first kappa shape index (κ1) is 57.2. The Morgan fingerprint density at radius 2 is 0.616 bits per heavy atom. The molecule has 418 valence electrons. The lowest BCUT2D eigenvalue weighted by atomic mass is 9.81. The van der Waals surface area contributed by atoms with Gasteiger partial charge in [-0.15, -0.1) is 22.7 Å². The third kappa shape index (κ3) is 10.9. The normalized spacial score (nSPS) is 11.9. The molecule has 0 amide bonds. The minimum Gasteiger partial charge on any atom is -0.507 e. The zero-order valence-corrected chi connectivity index (χ0v) is 48.4. The average molecular weight is 1160 g/mol. The zero-order chi connectivity index (χ0) is 60.5. The number of aromatic hydroxyl groups is 2. The van der Waals surface area contributed by atoms with Gasteiger partial charge < -0.3 is 10.2 Å². The molecular formula is C74H50O10S2. The van der Waals surface area contributed by atoms with Crippen LogP contribution in [0.2, 0.25) is 0 Å². The first-order valence-corrected chi connectivity index (χ1v) is 29.0. The van der Waals surface area contributed by atoms with Gasteiger partial charge in [-0.1, -0.05) is 84.9 Å². The molecule has 11 aromatic carbocycles. The highest BCUT2D eigenvalue weighted by atomic mass is 32.1. The predicted molar refractivity (Wildman–Crippen MR) is 343 cm³/mol. The smallest absolute Gasteiger partial charge is 0.194 e. The van der Waals surface area contributed by atoms with Crippen LogP contribution in [0.25, 0.3) is 63.9 Å². The molecule has 15 rings (SSSR count). The van der Waals surface area contributed by atoms with Crippen molar-refractivity contribution in [2.75, 3.05) is 0 Å². The number of phenolic OH excluding ortho intramolecular Hbond substituents is 2. The van der Waals surface area contributed by atoms with Crippen LogP contribution in [0.3, 0.4) is 0 Å². The van der Waals surface area contributed by atoms with Gasteiger partial charge in [0.15, 0.2) is 48.3 Å². The SMILES string of the molecule is Cc1cc(C=O)c(C=O)cc1C.Cc1cc2cc3c(cc2cc1C)C(=O)c1cc2ccccc2cc1C3=O.O=C1c2cc3ccccc3cc2C(=O)c2cc3sccc3cc21.O=Cc1ccsc1C=O.Oc1ccc(O)c2cc3ccccc3cc12. The summed E-state index contributed by atoms with van der Waals surface area (Å²) in [5.41, 5.74) is 9.92. The Labute approximate surface area is 500 Å². The topological polar surface area (TPSA) is 177 Å². The number of ketones is 4. The van der Waals surface area contributed by atoms with Crippen molar-refractivity contribution < 1.29 is 48.6 Å². The van der Waals surface area contributed by atoms with Crippen molar-refractivity contribution in [1.29, 1.82) is 0 Å². The first-order chi connectivity index (χ1) is 41.6. The molecule has 0 radical (unpaired) electrons.